The van der Waals surface area contributed by atoms with Gasteiger partial charge in [-0.05, 0) is 62.1 Å². The molecule has 18 heavy (non-hydrogen) atoms. The lowest BCUT2D eigenvalue weighted by atomic mass is 10.0. The topological polar surface area (TPSA) is 12.0 Å². The van der Waals surface area contributed by atoms with Crippen LogP contribution in [0.3, 0.4) is 0 Å². The van der Waals surface area contributed by atoms with Gasteiger partial charge < -0.3 is 5.32 Å². The zero-order valence-electron chi connectivity index (χ0n) is 11.9. The van der Waals surface area contributed by atoms with Gasteiger partial charge in [-0.1, -0.05) is 38.1 Å². The Morgan fingerprint density at radius 1 is 1.06 bits per heavy atom. The van der Waals surface area contributed by atoms with Crippen molar-refractivity contribution < 1.29 is 0 Å². The molecule has 0 unspecified atom stereocenters. The molecule has 1 heteroatoms. The van der Waals surface area contributed by atoms with Gasteiger partial charge in [0, 0.05) is 6.04 Å². The number of rotatable bonds is 8. The monoisotopic (exact) mass is 245 g/mol. The summed E-state index contributed by atoms with van der Waals surface area (Å²) in [6.07, 6.45) is 7.85. The lowest BCUT2D eigenvalue weighted by molar-refractivity contribution is 0.619. The molecule has 0 radical (unpaired) electrons. The van der Waals surface area contributed by atoms with Gasteiger partial charge in [-0.2, -0.15) is 0 Å². The molecule has 0 aromatic heterocycles. The van der Waals surface area contributed by atoms with E-state index in [1.54, 1.807) is 0 Å². The van der Waals surface area contributed by atoms with Crippen molar-refractivity contribution in [3.05, 3.63) is 35.4 Å². The zero-order valence-corrected chi connectivity index (χ0v) is 11.9. The Hall–Kier alpha value is -0.820. The highest BCUT2D eigenvalue weighted by Gasteiger charge is 2.19. The Kier molecular flexibility index (Phi) is 5.25. The first-order chi connectivity index (χ1) is 8.74. The molecule has 0 aliphatic heterocycles. The summed E-state index contributed by atoms with van der Waals surface area (Å²) in [5.41, 5.74) is 2.97. The summed E-state index contributed by atoms with van der Waals surface area (Å²) >= 11 is 0. The largest absolute Gasteiger partial charge is 0.314 e. The molecule has 1 aromatic rings. The standard InChI is InChI=1S/C17H27N/c1-14(2)13-16-8-6-15(7-9-16)5-3-4-12-18-17-10-11-17/h6-9,14,17-18H,3-5,10-13H2,1-2H3. The summed E-state index contributed by atoms with van der Waals surface area (Å²) in [7, 11) is 0. The van der Waals surface area contributed by atoms with Crippen molar-refractivity contribution in [1.29, 1.82) is 0 Å². The van der Waals surface area contributed by atoms with Crippen molar-refractivity contribution in [2.75, 3.05) is 6.54 Å². The normalized spacial score (nSPS) is 15.3. The van der Waals surface area contributed by atoms with Gasteiger partial charge in [0.15, 0.2) is 0 Å². The minimum atomic E-state index is 0.754. The van der Waals surface area contributed by atoms with Gasteiger partial charge in [0.2, 0.25) is 0 Å². The lowest BCUT2D eigenvalue weighted by Crippen LogP contribution is -2.17. The molecule has 0 bridgehead atoms. The van der Waals surface area contributed by atoms with Crippen molar-refractivity contribution in [3.8, 4) is 0 Å². The van der Waals surface area contributed by atoms with Crippen molar-refractivity contribution in [1.82, 2.24) is 5.32 Å². The zero-order chi connectivity index (χ0) is 12.8. The molecular weight excluding hydrogens is 218 g/mol. The fourth-order valence-corrected chi connectivity index (χ4v) is 2.36. The van der Waals surface area contributed by atoms with Crippen LogP contribution in [0.1, 0.15) is 50.7 Å². The van der Waals surface area contributed by atoms with Crippen molar-refractivity contribution in [3.63, 3.8) is 0 Å². The van der Waals surface area contributed by atoms with E-state index in [4.69, 9.17) is 0 Å². The van der Waals surface area contributed by atoms with Crippen LogP contribution in [0.2, 0.25) is 0 Å². The Labute approximate surface area is 112 Å². The Bertz CT molecular complexity index is 335. The Morgan fingerprint density at radius 3 is 2.33 bits per heavy atom. The molecule has 0 amide bonds. The van der Waals surface area contributed by atoms with Gasteiger partial charge in [-0.15, -0.1) is 0 Å². The van der Waals surface area contributed by atoms with E-state index in [-0.39, 0.29) is 0 Å². The highest BCUT2D eigenvalue weighted by Crippen LogP contribution is 2.18. The van der Waals surface area contributed by atoms with Gasteiger partial charge in [-0.3, -0.25) is 0 Å². The van der Waals surface area contributed by atoms with Crippen molar-refractivity contribution >= 4 is 0 Å². The Balaban J connectivity index is 1.62. The van der Waals surface area contributed by atoms with E-state index >= 15 is 0 Å². The number of unbranched alkanes of at least 4 members (excludes halogenated alkanes) is 1. The maximum atomic E-state index is 3.57. The molecule has 0 spiro atoms. The fraction of sp³-hybridized carbons (Fsp3) is 0.647. The molecule has 1 nitrogen and oxygen atoms in total. The van der Waals surface area contributed by atoms with Gasteiger partial charge in [0.05, 0.1) is 0 Å². The minimum Gasteiger partial charge on any atom is -0.314 e. The van der Waals surface area contributed by atoms with Crippen molar-refractivity contribution in [2.45, 2.75) is 58.4 Å². The highest BCUT2D eigenvalue weighted by molar-refractivity contribution is 5.22. The van der Waals surface area contributed by atoms with E-state index in [1.165, 1.54) is 56.2 Å². The molecule has 1 aliphatic rings. The summed E-state index contributed by atoms with van der Waals surface area (Å²) in [5, 5.41) is 3.57. The molecule has 0 heterocycles. The van der Waals surface area contributed by atoms with Crippen LogP contribution in [0.4, 0.5) is 0 Å². The average molecular weight is 245 g/mol. The molecule has 100 valence electrons. The second-order valence-corrected chi connectivity index (χ2v) is 6.10. The second kappa shape index (κ2) is 6.94. The molecule has 1 fully saturated rings. The van der Waals surface area contributed by atoms with Crippen LogP contribution < -0.4 is 5.32 Å². The molecule has 0 saturated heterocycles. The number of nitrogens with one attached hydrogen (secondary N) is 1. The summed E-state index contributed by atoms with van der Waals surface area (Å²) < 4.78 is 0. The molecule has 1 aliphatic carbocycles. The summed E-state index contributed by atoms with van der Waals surface area (Å²) in [6.45, 7) is 5.76. The number of hydrogen-bond acceptors (Lipinski definition) is 1. The first-order valence-electron chi connectivity index (χ1n) is 7.55. The van der Waals surface area contributed by atoms with E-state index in [1.807, 2.05) is 0 Å². The van der Waals surface area contributed by atoms with E-state index in [0.717, 1.165) is 12.0 Å². The number of hydrogen-bond donors (Lipinski definition) is 1. The average Bonchev–Trinajstić information content (AvgIpc) is 3.14. The van der Waals surface area contributed by atoms with Crippen LogP contribution in [0.25, 0.3) is 0 Å². The maximum absolute atomic E-state index is 3.57. The number of benzene rings is 1. The molecule has 1 saturated carbocycles. The first kappa shape index (κ1) is 13.6. The molecular formula is C17H27N. The van der Waals surface area contributed by atoms with E-state index < -0.39 is 0 Å². The SMILES string of the molecule is CC(C)Cc1ccc(CCCCNC2CC2)cc1. The highest BCUT2D eigenvalue weighted by atomic mass is 14.9. The van der Waals surface area contributed by atoms with E-state index in [9.17, 15) is 0 Å². The van der Waals surface area contributed by atoms with E-state index in [2.05, 4.69) is 43.4 Å². The van der Waals surface area contributed by atoms with Crippen LogP contribution in [0.5, 0.6) is 0 Å². The van der Waals surface area contributed by atoms with Crippen LogP contribution in [-0.2, 0) is 12.8 Å². The third-order valence-electron chi connectivity index (χ3n) is 3.57. The lowest BCUT2D eigenvalue weighted by Gasteiger charge is -2.07. The van der Waals surface area contributed by atoms with Gasteiger partial charge in [-0.25, -0.2) is 0 Å². The fourth-order valence-electron chi connectivity index (χ4n) is 2.36. The van der Waals surface area contributed by atoms with Gasteiger partial charge in [0.1, 0.15) is 0 Å². The van der Waals surface area contributed by atoms with E-state index in [0.29, 0.717) is 0 Å². The quantitative estimate of drug-likeness (QED) is 0.684. The van der Waals surface area contributed by atoms with Crippen LogP contribution >= 0.6 is 0 Å². The van der Waals surface area contributed by atoms with Crippen LogP contribution in [0, 0.1) is 5.92 Å². The Morgan fingerprint density at radius 2 is 1.72 bits per heavy atom. The second-order valence-electron chi connectivity index (χ2n) is 6.10. The summed E-state index contributed by atoms with van der Waals surface area (Å²) in [6, 6.07) is 10.1. The summed E-state index contributed by atoms with van der Waals surface area (Å²) in [5.74, 6) is 0.754. The summed E-state index contributed by atoms with van der Waals surface area (Å²) in [4.78, 5) is 0. The third-order valence-corrected chi connectivity index (χ3v) is 3.57. The molecule has 0 atom stereocenters. The van der Waals surface area contributed by atoms with Gasteiger partial charge in [0.25, 0.3) is 0 Å². The van der Waals surface area contributed by atoms with Crippen LogP contribution in [0.15, 0.2) is 24.3 Å². The molecule has 1 N–H and O–H groups in total. The smallest absolute Gasteiger partial charge is 0.00682 e. The van der Waals surface area contributed by atoms with Crippen LogP contribution in [-0.4, -0.2) is 12.6 Å². The third kappa shape index (κ3) is 5.22. The van der Waals surface area contributed by atoms with Crippen molar-refractivity contribution in [2.24, 2.45) is 5.92 Å². The first-order valence-corrected chi connectivity index (χ1v) is 7.55. The minimum absolute atomic E-state index is 0.754. The predicted molar refractivity (Wildman–Crippen MR) is 78.9 cm³/mol. The number of aryl methyl sites for hydroxylation is 1. The molecule has 1 aromatic carbocycles. The molecule has 2 rings (SSSR count). The maximum Gasteiger partial charge on any atom is 0.00682 e. The van der Waals surface area contributed by atoms with Gasteiger partial charge >= 0.3 is 0 Å². The predicted octanol–water partition coefficient (Wildman–Crippen LogP) is 3.96.